The second-order valence-electron chi connectivity index (χ2n) is 5.06. The van der Waals surface area contributed by atoms with Gasteiger partial charge in [0.05, 0.1) is 5.69 Å². The highest BCUT2D eigenvalue weighted by molar-refractivity contribution is 5.73. The van der Waals surface area contributed by atoms with Crippen LogP contribution in [0.1, 0.15) is 18.2 Å². The van der Waals surface area contributed by atoms with Gasteiger partial charge in [0, 0.05) is 33.2 Å². The second kappa shape index (κ2) is 5.51. The van der Waals surface area contributed by atoms with Gasteiger partial charge in [0.25, 0.3) is 0 Å². The molecule has 7 heteroatoms. The summed E-state index contributed by atoms with van der Waals surface area (Å²) in [7, 11) is 1.83. The molecule has 1 unspecified atom stereocenters. The molecule has 2 heterocycles. The summed E-state index contributed by atoms with van der Waals surface area (Å²) in [4.78, 5) is 15.0. The van der Waals surface area contributed by atoms with Crippen molar-refractivity contribution in [3.8, 4) is 6.07 Å². The van der Waals surface area contributed by atoms with E-state index in [9.17, 15) is 10.1 Å². The third-order valence-electron chi connectivity index (χ3n) is 3.82. The fourth-order valence-corrected chi connectivity index (χ4v) is 2.62. The number of rotatable bonds is 3. The topological polar surface area (TPSA) is 85.4 Å². The van der Waals surface area contributed by atoms with Crippen molar-refractivity contribution in [1.82, 2.24) is 14.7 Å². The van der Waals surface area contributed by atoms with Gasteiger partial charge in [-0.15, -0.1) is 0 Å². The lowest BCUT2D eigenvalue weighted by molar-refractivity contribution is -0.142. The maximum atomic E-state index is 11.0. The molecule has 1 aromatic heterocycles. The Hall–Kier alpha value is -2.07. The zero-order valence-electron chi connectivity index (χ0n) is 12.0. The molecular weight excluding hydrogens is 258 g/mol. The number of piperazine rings is 1. The second-order valence-corrected chi connectivity index (χ2v) is 5.06. The molecule has 1 atom stereocenters. The first-order valence-corrected chi connectivity index (χ1v) is 6.61. The van der Waals surface area contributed by atoms with E-state index in [1.165, 1.54) is 0 Å². The minimum Gasteiger partial charge on any atom is -0.480 e. The normalized spacial score (nSPS) is 17.8. The number of nitriles is 1. The molecular formula is C13H19N5O2. The number of aliphatic carboxylic acids is 1. The Morgan fingerprint density at radius 3 is 2.50 bits per heavy atom. The summed E-state index contributed by atoms with van der Waals surface area (Å²) in [6.45, 7) is 6.26. The molecule has 0 aliphatic carbocycles. The van der Waals surface area contributed by atoms with Crippen molar-refractivity contribution in [2.75, 3.05) is 31.1 Å². The highest BCUT2D eigenvalue weighted by Crippen LogP contribution is 2.23. The van der Waals surface area contributed by atoms with Gasteiger partial charge in [-0.1, -0.05) is 0 Å². The van der Waals surface area contributed by atoms with E-state index in [-0.39, 0.29) is 0 Å². The molecule has 0 spiro atoms. The van der Waals surface area contributed by atoms with Crippen molar-refractivity contribution >= 4 is 11.8 Å². The van der Waals surface area contributed by atoms with E-state index in [0.717, 1.165) is 11.5 Å². The first kappa shape index (κ1) is 14.3. The van der Waals surface area contributed by atoms with Crippen molar-refractivity contribution in [1.29, 1.82) is 5.26 Å². The number of aryl methyl sites for hydroxylation is 2. The Morgan fingerprint density at radius 2 is 2.00 bits per heavy atom. The number of hydrogen-bond acceptors (Lipinski definition) is 5. The van der Waals surface area contributed by atoms with Gasteiger partial charge in [0.15, 0.2) is 0 Å². The average Bonchev–Trinajstić information content (AvgIpc) is 2.72. The van der Waals surface area contributed by atoms with Gasteiger partial charge < -0.3 is 10.0 Å². The number of aromatic nitrogens is 2. The smallest absolute Gasteiger partial charge is 0.320 e. The van der Waals surface area contributed by atoms with Crippen LogP contribution in [0.3, 0.4) is 0 Å². The van der Waals surface area contributed by atoms with Gasteiger partial charge in [-0.3, -0.25) is 14.4 Å². The van der Waals surface area contributed by atoms with E-state index in [1.54, 1.807) is 11.6 Å². The predicted octanol–water partition coefficient (Wildman–Crippen LogP) is 0.195. The number of carboxylic acids is 1. The molecule has 108 valence electrons. The van der Waals surface area contributed by atoms with Crippen molar-refractivity contribution in [3.05, 3.63) is 11.3 Å². The molecule has 1 aliphatic heterocycles. The molecule has 7 nitrogen and oxygen atoms in total. The van der Waals surface area contributed by atoms with Crippen LogP contribution in [0.4, 0.5) is 5.82 Å². The summed E-state index contributed by atoms with van der Waals surface area (Å²) in [5, 5.41) is 22.6. The molecule has 1 aliphatic rings. The van der Waals surface area contributed by atoms with Gasteiger partial charge in [-0.05, 0) is 13.8 Å². The van der Waals surface area contributed by atoms with E-state index in [4.69, 9.17) is 5.11 Å². The van der Waals surface area contributed by atoms with Gasteiger partial charge in [0.1, 0.15) is 23.5 Å². The van der Waals surface area contributed by atoms with E-state index in [1.807, 2.05) is 18.9 Å². The van der Waals surface area contributed by atoms with Crippen LogP contribution < -0.4 is 4.90 Å². The molecule has 0 radical (unpaired) electrons. The Bertz CT molecular complexity index is 552. The number of carboxylic acid groups (broad SMARTS) is 1. The maximum Gasteiger partial charge on any atom is 0.320 e. The number of anilines is 1. The zero-order chi connectivity index (χ0) is 14.9. The van der Waals surface area contributed by atoms with E-state index in [0.29, 0.717) is 31.7 Å². The number of carbonyl (C=O) groups is 1. The molecule has 0 amide bonds. The molecule has 0 saturated carbocycles. The lowest BCUT2D eigenvalue weighted by Crippen LogP contribution is -2.52. The van der Waals surface area contributed by atoms with E-state index < -0.39 is 12.0 Å². The molecule has 1 fully saturated rings. The molecule has 1 saturated heterocycles. The van der Waals surface area contributed by atoms with Crippen LogP contribution in [0, 0.1) is 18.3 Å². The molecule has 2 rings (SSSR count). The fourth-order valence-electron chi connectivity index (χ4n) is 2.62. The molecule has 20 heavy (non-hydrogen) atoms. The van der Waals surface area contributed by atoms with Gasteiger partial charge in [-0.2, -0.15) is 10.4 Å². The van der Waals surface area contributed by atoms with Crippen LogP contribution in [0.5, 0.6) is 0 Å². The maximum absolute atomic E-state index is 11.0. The molecule has 0 aromatic carbocycles. The lowest BCUT2D eigenvalue weighted by Gasteiger charge is -2.37. The Balaban J connectivity index is 2.12. The van der Waals surface area contributed by atoms with Crippen LogP contribution in [0.15, 0.2) is 0 Å². The summed E-state index contributed by atoms with van der Waals surface area (Å²) in [5.74, 6) is 0.0279. The van der Waals surface area contributed by atoms with Crippen molar-refractivity contribution < 1.29 is 9.90 Å². The highest BCUT2D eigenvalue weighted by atomic mass is 16.4. The van der Waals surface area contributed by atoms with Crippen LogP contribution in [-0.2, 0) is 11.8 Å². The predicted molar refractivity (Wildman–Crippen MR) is 73.5 cm³/mol. The van der Waals surface area contributed by atoms with Crippen LogP contribution in [0.2, 0.25) is 0 Å². The summed E-state index contributed by atoms with van der Waals surface area (Å²) in [6.07, 6.45) is 0. The Morgan fingerprint density at radius 1 is 1.40 bits per heavy atom. The SMILES string of the molecule is Cc1nn(C)c(N2CCN(C(C)C(=O)O)CC2)c1C#N. The van der Waals surface area contributed by atoms with Gasteiger partial charge in [-0.25, -0.2) is 0 Å². The van der Waals surface area contributed by atoms with Crippen molar-refractivity contribution in [3.63, 3.8) is 0 Å². The monoisotopic (exact) mass is 277 g/mol. The van der Waals surface area contributed by atoms with E-state index in [2.05, 4.69) is 16.1 Å². The zero-order valence-corrected chi connectivity index (χ0v) is 12.0. The Kier molecular flexibility index (Phi) is 3.95. The number of hydrogen-bond donors (Lipinski definition) is 1. The summed E-state index contributed by atoms with van der Waals surface area (Å²) in [5.41, 5.74) is 1.33. The Labute approximate surface area is 118 Å². The number of nitrogens with zero attached hydrogens (tertiary/aromatic N) is 5. The summed E-state index contributed by atoms with van der Waals surface area (Å²) < 4.78 is 1.73. The third-order valence-corrected chi connectivity index (χ3v) is 3.82. The average molecular weight is 277 g/mol. The summed E-state index contributed by atoms with van der Waals surface area (Å²) in [6, 6.07) is 1.73. The van der Waals surface area contributed by atoms with Crippen LogP contribution in [-0.4, -0.2) is 58.0 Å². The molecule has 1 aromatic rings. The standard InChI is InChI=1S/C13H19N5O2/c1-9-11(8-14)12(16(3)15-9)18-6-4-17(5-7-18)10(2)13(19)20/h10H,4-7H2,1-3H3,(H,19,20). The minimum atomic E-state index is -0.799. The fraction of sp³-hybridized carbons (Fsp3) is 0.615. The first-order chi connectivity index (χ1) is 9.45. The van der Waals surface area contributed by atoms with Crippen LogP contribution in [0.25, 0.3) is 0 Å². The molecule has 0 bridgehead atoms. The summed E-state index contributed by atoms with van der Waals surface area (Å²) >= 11 is 0. The van der Waals surface area contributed by atoms with Crippen molar-refractivity contribution in [2.24, 2.45) is 7.05 Å². The first-order valence-electron chi connectivity index (χ1n) is 6.61. The quantitative estimate of drug-likeness (QED) is 0.849. The van der Waals surface area contributed by atoms with Crippen LogP contribution >= 0.6 is 0 Å². The van der Waals surface area contributed by atoms with E-state index >= 15 is 0 Å². The van der Waals surface area contributed by atoms with Gasteiger partial charge in [0.2, 0.25) is 0 Å². The minimum absolute atomic E-state index is 0.471. The lowest BCUT2D eigenvalue weighted by atomic mass is 10.2. The highest BCUT2D eigenvalue weighted by Gasteiger charge is 2.28. The largest absolute Gasteiger partial charge is 0.480 e. The molecule has 1 N–H and O–H groups in total. The van der Waals surface area contributed by atoms with Gasteiger partial charge >= 0.3 is 5.97 Å². The third kappa shape index (κ3) is 2.47. The van der Waals surface area contributed by atoms with Crippen molar-refractivity contribution in [2.45, 2.75) is 19.9 Å².